The second-order valence-corrected chi connectivity index (χ2v) is 7.49. The molecule has 4 rings (SSSR count). The van der Waals surface area contributed by atoms with Crippen LogP contribution in [0.2, 0.25) is 0 Å². The summed E-state index contributed by atoms with van der Waals surface area (Å²) >= 11 is 0. The van der Waals surface area contributed by atoms with Crippen molar-refractivity contribution in [2.45, 2.75) is 51.5 Å². The van der Waals surface area contributed by atoms with Crippen LogP contribution in [0.1, 0.15) is 47.1 Å². The Hall–Kier alpha value is -1.64. The number of likely N-dealkylation sites (tertiary alicyclic amines) is 1. The van der Waals surface area contributed by atoms with Crippen LogP contribution < -0.4 is 5.32 Å². The van der Waals surface area contributed by atoms with E-state index in [1.807, 2.05) is 0 Å². The number of aromatic nitrogens is 3. The molecule has 1 aromatic heterocycles. The van der Waals surface area contributed by atoms with Crippen molar-refractivity contribution in [3.05, 3.63) is 46.5 Å². The molecule has 2 aliphatic heterocycles. The number of halogens is 4. The van der Waals surface area contributed by atoms with Crippen LogP contribution in [0.25, 0.3) is 0 Å². The first kappa shape index (κ1) is 21.1. The van der Waals surface area contributed by atoms with Crippen LogP contribution in [-0.4, -0.2) is 39.3 Å². The van der Waals surface area contributed by atoms with Gasteiger partial charge < -0.3 is 9.88 Å². The van der Waals surface area contributed by atoms with Gasteiger partial charge in [-0.25, -0.2) is 0 Å². The number of nitrogens with one attached hydrogen (secondary N) is 1. The van der Waals surface area contributed by atoms with Crippen LogP contribution in [0.4, 0.5) is 13.2 Å². The fraction of sp³-hybridized carbons (Fsp3) is 0.579. The van der Waals surface area contributed by atoms with Gasteiger partial charge in [-0.2, -0.15) is 13.2 Å². The maximum Gasteiger partial charge on any atom is 0.416 e. The van der Waals surface area contributed by atoms with Crippen molar-refractivity contribution in [1.29, 1.82) is 0 Å². The Morgan fingerprint density at radius 2 is 1.89 bits per heavy atom. The van der Waals surface area contributed by atoms with Gasteiger partial charge in [0.05, 0.1) is 12.1 Å². The molecule has 0 atom stereocenters. The fourth-order valence-corrected chi connectivity index (χ4v) is 4.06. The molecule has 0 amide bonds. The number of fused-ring (bicyclic) bond motifs is 1. The summed E-state index contributed by atoms with van der Waals surface area (Å²) in [5.41, 5.74) is 1.09. The Labute approximate surface area is 168 Å². The molecule has 28 heavy (non-hydrogen) atoms. The molecule has 2 aromatic rings. The summed E-state index contributed by atoms with van der Waals surface area (Å²) in [7, 11) is 0. The number of rotatable bonds is 3. The Bertz CT molecular complexity index is 812. The number of benzene rings is 1. The predicted molar refractivity (Wildman–Crippen MR) is 102 cm³/mol. The normalized spacial score (nSPS) is 18.6. The Morgan fingerprint density at radius 1 is 1.14 bits per heavy atom. The lowest BCUT2D eigenvalue weighted by Gasteiger charge is -2.32. The molecule has 5 nitrogen and oxygen atoms in total. The summed E-state index contributed by atoms with van der Waals surface area (Å²) in [4.78, 5) is 2.32. The first-order chi connectivity index (χ1) is 12.9. The second-order valence-electron chi connectivity index (χ2n) is 7.49. The van der Waals surface area contributed by atoms with Gasteiger partial charge in [-0.1, -0.05) is 6.07 Å². The van der Waals surface area contributed by atoms with Gasteiger partial charge in [-0.15, -0.1) is 22.6 Å². The Morgan fingerprint density at radius 3 is 2.57 bits per heavy atom. The first-order valence-electron chi connectivity index (χ1n) is 9.43. The number of alkyl halides is 3. The summed E-state index contributed by atoms with van der Waals surface area (Å²) in [6.45, 7) is 6.94. The van der Waals surface area contributed by atoms with Crippen molar-refractivity contribution in [3.8, 4) is 0 Å². The van der Waals surface area contributed by atoms with E-state index in [9.17, 15) is 13.2 Å². The molecule has 0 radical (unpaired) electrons. The molecule has 0 unspecified atom stereocenters. The zero-order valence-corrected chi connectivity index (χ0v) is 16.6. The van der Waals surface area contributed by atoms with Gasteiger partial charge in [0.15, 0.2) is 0 Å². The molecule has 0 bridgehead atoms. The van der Waals surface area contributed by atoms with Gasteiger partial charge in [0.2, 0.25) is 0 Å². The third kappa shape index (κ3) is 4.34. The van der Waals surface area contributed by atoms with E-state index < -0.39 is 11.7 Å². The molecule has 2 aliphatic rings. The summed E-state index contributed by atoms with van der Waals surface area (Å²) < 4.78 is 40.7. The average Bonchev–Trinajstić information content (AvgIpc) is 3.07. The quantitative estimate of drug-likeness (QED) is 0.833. The molecule has 0 spiro atoms. The van der Waals surface area contributed by atoms with Crippen molar-refractivity contribution in [3.63, 3.8) is 0 Å². The smallest absolute Gasteiger partial charge is 0.312 e. The predicted octanol–water partition coefficient (Wildman–Crippen LogP) is 3.51. The molecule has 3 heterocycles. The third-order valence-electron chi connectivity index (χ3n) is 5.67. The van der Waals surface area contributed by atoms with Crippen molar-refractivity contribution in [2.75, 3.05) is 19.6 Å². The molecule has 1 N–H and O–H groups in total. The monoisotopic (exact) mass is 415 g/mol. The van der Waals surface area contributed by atoms with E-state index in [2.05, 4.69) is 25.0 Å². The largest absolute Gasteiger partial charge is 0.416 e. The number of piperidine rings is 1. The SMILES string of the molecule is Cc1cc(C(F)(F)F)ccc1CN1CCC(c2nnc3n2CCNC3)CC1.Cl. The summed E-state index contributed by atoms with van der Waals surface area (Å²) in [6, 6.07) is 4.05. The number of hydrogen-bond donors (Lipinski definition) is 1. The maximum atomic E-state index is 12.8. The van der Waals surface area contributed by atoms with E-state index in [0.29, 0.717) is 18.0 Å². The van der Waals surface area contributed by atoms with Gasteiger partial charge in [-0.05, 0) is 56.1 Å². The molecule has 1 fully saturated rings. The summed E-state index contributed by atoms with van der Waals surface area (Å²) in [6.07, 6.45) is -2.27. The van der Waals surface area contributed by atoms with Gasteiger partial charge in [0, 0.05) is 25.6 Å². The maximum absolute atomic E-state index is 12.8. The van der Waals surface area contributed by atoms with Crippen LogP contribution in [0.15, 0.2) is 18.2 Å². The molecular weight excluding hydrogens is 391 g/mol. The van der Waals surface area contributed by atoms with Gasteiger partial charge in [0.1, 0.15) is 11.6 Å². The van der Waals surface area contributed by atoms with Crippen molar-refractivity contribution in [1.82, 2.24) is 25.0 Å². The lowest BCUT2D eigenvalue weighted by atomic mass is 9.95. The van der Waals surface area contributed by atoms with Crippen molar-refractivity contribution in [2.24, 2.45) is 0 Å². The number of aryl methyl sites for hydroxylation is 1. The van der Waals surface area contributed by atoms with Crippen LogP contribution in [0.3, 0.4) is 0 Å². The van der Waals surface area contributed by atoms with E-state index in [-0.39, 0.29) is 12.4 Å². The van der Waals surface area contributed by atoms with Crippen LogP contribution in [0, 0.1) is 6.92 Å². The molecule has 0 saturated carbocycles. The minimum Gasteiger partial charge on any atom is -0.312 e. The van der Waals surface area contributed by atoms with Crippen molar-refractivity contribution >= 4 is 12.4 Å². The minimum absolute atomic E-state index is 0. The molecule has 9 heteroatoms. The lowest BCUT2D eigenvalue weighted by molar-refractivity contribution is -0.137. The van der Waals surface area contributed by atoms with E-state index >= 15 is 0 Å². The zero-order chi connectivity index (χ0) is 19.0. The minimum atomic E-state index is -4.28. The Balaban J connectivity index is 0.00000225. The van der Waals surface area contributed by atoms with Crippen LogP contribution >= 0.6 is 12.4 Å². The third-order valence-corrected chi connectivity index (χ3v) is 5.67. The lowest BCUT2D eigenvalue weighted by Crippen LogP contribution is -2.35. The highest BCUT2D eigenvalue weighted by atomic mass is 35.5. The van der Waals surface area contributed by atoms with E-state index in [0.717, 1.165) is 62.8 Å². The first-order valence-corrected chi connectivity index (χ1v) is 9.43. The van der Waals surface area contributed by atoms with E-state index in [4.69, 9.17) is 0 Å². The number of nitrogens with zero attached hydrogens (tertiary/aromatic N) is 4. The van der Waals surface area contributed by atoms with Gasteiger partial charge in [-0.3, -0.25) is 4.90 Å². The van der Waals surface area contributed by atoms with Gasteiger partial charge in [0.25, 0.3) is 0 Å². The van der Waals surface area contributed by atoms with E-state index in [1.165, 1.54) is 12.1 Å². The standard InChI is InChI=1S/C19H24F3N5.ClH/c1-13-10-16(19(20,21)22)3-2-15(13)12-26-7-4-14(5-8-26)18-25-24-17-11-23-6-9-27(17)18;/h2-3,10,14,23H,4-9,11-12H2,1H3;1H. The molecular formula is C19H25ClF3N5. The zero-order valence-electron chi connectivity index (χ0n) is 15.8. The highest BCUT2D eigenvalue weighted by Crippen LogP contribution is 2.32. The topological polar surface area (TPSA) is 46.0 Å². The second kappa shape index (κ2) is 8.39. The van der Waals surface area contributed by atoms with Gasteiger partial charge >= 0.3 is 6.18 Å². The molecule has 154 valence electrons. The summed E-state index contributed by atoms with van der Waals surface area (Å²) in [5, 5.41) is 12.0. The highest BCUT2D eigenvalue weighted by Gasteiger charge is 2.31. The van der Waals surface area contributed by atoms with Crippen LogP contribution in [-0.2, 0) is 25.8 Å². The summed E-state index contributed by atoms with van der Waals surface area (Å²) in [5.74, 6) is 2.52. The Kier molecular flexibility index (Phi) is 6.31. The fourth-order valence-electron chi connectivity index (χ4n) is 4.06. The van der Waals surface area contributed by atoms with Crippen LogP contribution in [0.5, 0.6) is 0 Å². The average molecular weight is 416 g/mol. The molecule has 0 aliphatic carbocycles. The van der Waals surface area contributed by atoms with Crippen molar-refractivity contribution < 1.29 is 13.2 Å². The molecule has 1 aromatic carbocycles. The van der Waals surface area contributed by atoms with E-state index in [1.54, 1.807) is 13.0 Å². The highest BCUT2D eigenvalue weighted by molar-refractivity contribution is 5.85. The number of hydrogen-bond acceptors (Lipinski definition) is 4. The molecule has 1 saturated heterocycles.